The Morgan fingerprint density at radius 3 is 2.85 bits per heavy atom. The molecule has 1 unspecified atom stereocenters. The summed E-state index contributed by atoms with van der Waals surface area (Å²) < 4.78 is 7.40. The predicted octanol–water partition coefficient (Wildman–Crippen LogP) is 3.31. The predicted molar refractivity (Wildman–Crippen MR) is 108 cm³/mol. The van der Waals surface area contributed by atoms with Crippen LogP contribution in [0.3, 0.4) is 0 Å². The summed E-state index contributed by atoms with van der Waals surface area (Å²) in [5.74, 6) is 0.811. The molecule has 0 aliphatic heterocycles. The third-order valence-corrected chi connectivity index (χ3v) is 6.59. The van der Waals surface area contributed by atoms with Gasteiger partial charge < -0.3 is 9.84 Å². The van der Waals surface area contributed by atoms with Gasteiger partial charge in [0.2, 0.25) is 0 Å². The molecule has 2 heterocycles. The molecule has 2 aromatic heterocycles. The molecule has 1 N–H and O–H groups in total. The van der Waals surface area contributed by atoms with Crippen molar-refractivity contribution in [3.05, 3.63) is 55.9 Å². The molecule has 0 spiro atoms. The van der Waals surface area contributed by atoms with Crippen molar-refractivity contribution in [2.75, 3.05) is 6.61 Å². The average molecular weight is 385 g/mol. The lowest BCUT2D eigenvalue weighted by Gasteiger charge is -2.17. The van der Waals surface area contributed by atoms with Crippen LogP contribution in [0.1, 0.15) is 33.6 Å². The maximum Gasteiger partial charge on any atom is 0.262 e. The molecule has 1 aromatic carbocycles. The van der Waals surface area contributed by atoms with Gasteiger partial charge in [0.25, 0.3) is 5.56 Å². The molecule has 142 valence electrons. The Morgan fingerprint density at radius 1 is 1.26 bits per heavy atom. The molecular weight excluding hydrogens is 360 g/mol. The van der Waals surface area contributed by atoms with Gasteiger partial charge in [0.1, 0.15) is 23.3 Å². The largest absolute Gasteiger partial charge is 0.490 e. The number of aryl methyl sites for hydroxylation is 4. The summed E-state index contributed by atoms with van der Waals surface area (Å²) in [5, 5.41) is 11.2. The van der Waals surface area contributed by atoms with Crippen molar-refractivity contribution in [3.8, 4) is 5.75 Å². The minimum atomic E-state index is -0.784. The van der Waals surface area contributed by atoms with Crippen LogP contribution >= 0.6 is 11.3 Å². The number of hydrogen-bond donors (Lipinski definition) is 1. The van der Waals surface area contributed by atoms with Crippen LogP contribution in [0.15, 0.2) is 23.3 Å². The SMILES string of the molecule is Cc1ccc(C)c(OCC(O)Cn2cnc3sc4c(c3c2=O)CCC4)c1C. The summed E-state index contributed by atoms with van der Waals surface area (Å²) in [6, 6.07) is 4.08. The van der Waals surface area contributed by atoms with Crippen molar-refractivity contribution >= 4 is 21.6 Å². The van der Waals surface area contributed by atoms with E-state index in [-0.39, 0.29) is 18.7 Å². The maximum atomic E-state index is 12.9. The van der Waals surface area contributed by atoms with Gasteiger partial charge in [-0.2, -0.15) is 0 Å². The Labute approximate surface area is 162 Å². The van der Waals surface area contributed by atoms with Gasteiger partial charge in [0.05, 0.1) is 18.3 Å². The first-order chi connectivity index (χ1) is 13.0. The molecule has 4 rings (SSSR count). The first kappa shape index (κ1) is 18.2. The van der Waals surface area contributed by atoms with Crippen LogP contribution in [0.5, 0.6) is 5.75 Å². The topological polar surface area (TPSA) is 64.3 Å². The van der Waals surface area contributed by atoms with Gasteiger partial charge in [-0.3, -0.25) is 9.36 Å². The molecule has 1 aliphatic rings. The third kappa shape index (κ3) is 3.28. The lowest BCUT2D eigenvalue weighted by Crippen LogP contribution is -2.30. The van der Waals surface area contributed by atoms with Crippen molar-refractivity contribution in [1.82, 2.24) is 9.55 Å². The van der Waals surface area contributed by atoms with Crippen LogP contribution in [-0.2, 0) is 19.4 Å². The fourth-order valence-electron chi connectivity index (χ4n) is 3.76. The van der Waals surface area contributed by atoms with E-state index in [1.807, 2.05) is 26.8 Å². The van der Waals surface area contributed by atoms with E-state index in [1.54, 1.807) is 17.7 Å². The number of aromatic nitrogens is 2. The summed E-state index contributed by atoms with van der Waals surface area (Å²) >= 11 is 1.63. The van der Waals surface area contributed by atoms with Crippen molar-refractivity contribution in [2.24, 2.45) is 0 Å². The first-order valence-electron chi connectivity index (χ1n) is 9.33. The molecule has 3 aromatic rings. The number of thiophene rings is 1. The van der Waals surface area contributed by atoms with E-state index >= 15 is 0 Å². The van der Waals surface area contributed by atoms with Crippen molar-refractivity contribution < 1.29 is 9.84 Å². The van der Waals surface area contributed by atoms with Gasteiger partial charge in [0, 0.05) is 4.88 Å². The second-order valence-electron chi connectivity index (χ2n) is 7.36. The molecule has 0 saturated heterocycles. The molecule has 0 radical (unpaired) electrons. The van der Waals surface area contributed by atoms with E-state index in [1.165, 1.54) is 15.0 Å². The summed E-state index contributed by atoms with van der Waals surface area (Å²) in [6.07, 6.45) is 3.86. The number of aliphatic hydroxyl groups is 1. The standard InChI is InChI=1S/C21H24N2O3S/c1-12-7-8-13(2)19(14(12)3)26-10-15(24)9-23-11-22-20-18(21(23)25)16-5-4-6-17(16)27-20/h7-8,11,15,24H,4-6,9-10H2,1-3H3. The number of hydrogen-bond acceptors (Lipinski definition) is 5. The number of ether oxygens (including phenoxy) is 1. The second-order valence-corrected chi connectivity index (χ2v) is 8.44. The van der Waals surface area contributed by atoms with Crippen molar-refractivity contribution in [2.45, 2.75) is 52.7 Å². The fraction of sp³-hybridized carbons (Fsp3) is 0.429. The Morgan fingerprint density at radius 2 is 2.04 bits per heavy atom. The molecule has 6 heteroatoms. The fourth-order valence-corrected chi connectivity index (χ4v) is 4.98. The Kier molecular flexibility index (Phi) is 4.78. The Balaban J connectivity index is 1.52. The highest BCUT2D eigenvalue weighted by Crippen LogP contribution is 2.34. The smallest absolute Gasteiger partial charge is 0.262 e. The molecule has 0 fully saturated rings. The average Bonchev–Trinajstić information content (AvgIpc) is 3.22. The van der Waals surface area contributed by atoms with Crippen LogP contribution in [0.4, 0.5) is 0 Å². The van der Waals surface area contributed by atoms with E-state index in [4.69, 9.17) is 4.74 Å². The number of aliphatic hydroxyl groups excluding tert-OH is 1. The van der Waals surface area contributed by atoms with Crippen LogP contribution in [0, 0.1) is 20.8 Å². The normalized spacial score (nSPS) is 14.5. The quantitative estimate of drug-likeness (QED) is 0.733. The third-order valence-electron chi connectivity index (χ3n) is 5.39. The highest BCUT2D eigenvalue weighted by molar-refractivity contribution is 7.18. The Hall–Kier alpha value is -2.18. The maximum absolute atomic E-state index is 12.9. The minimum Gasteiger partial charge on any atom is -0.490 e. The van der Waals surface area contributed by atoms with Gasteiger partial charge in [0.15, 0.2) is 0 Å². The lowest BCUT2D eigenvalue weighted by atomic mass is 10.1. The molecule has 1 aliphatic carbocycles. The van der Waals surface area contributed by atoms with Crippen molar-refractivity contribution in [1.29, 1.82) is 0 Å². The van der Waals surface area contributed by atoms with E-state index in [0.29, 0.717) is 0 Å². The van der Waals surface area contributed by atoms with Crippen molar-refractivity contribution in [3.63, 3.8) is 0 Å². The van der Waals surface area contributed by atoms with Crippen LogP contribution in [-0.4, -0.2) is 27.4 Å². The summed E-state index contributed by atoms with van der Waals surface area (Å²) in [7, 11) is 0. The molecule has 5 nitrogen and oxygen atoms in total. The molecule has 27 heavy (non-hydrogen) atoms. The van der Waals surface area contributed by atoms with Crippen LogP contribution in [0.25, 0.3) is 10.2 Å². The minimum absolute atomic E-state index is 0.0543. The van der Waals surface area contributed by atoms with E-state index in [9.17, 15) is 9.90 Å². The van der Waals surface area contributed by atoms with Gasteiger partial charge in [-0.25, -0.2) is 4.98 Å². The second kappa shape index (κ2) is 7.09. The summed E-state index contributed by atoms with van der Waals surface area (Å²) in [5.41, 5.74) is 4.39. The number of nitrogens with zero attached hydrogens (tertiary/aromatic N) is 2. The van der Waals surface area contributed by atoms with E-state index in [0.717, 1.165) is 51.9 Å². The monoisotopic (exact) mass is 384 g/mol. The lowest BCUT2D eigenvalue weighted by molar-refractivity contribution is 0.0908. The first-order valence-corrected chi connectivity index (χ1v) is 10.1. The molecule has 0 saturated carbocycles. The number of benzene rings is 1. The number of fused-ring (bicyclic) bond motifs is 3. The van der Waals surface area contributed by atoms with Gasteiger partial charge >= 0.3 is 0 Å². The van der Waals surface area contributed by atoms with Gasteiger partial charge in [-0.1, -0.05) is 12.1 Å². The van der Waals surface area contributed by atoms with E-state index in [2.05, 4.69) is 11.1 Å². The molecule has 0 bridgehead atoms. The van der Waals surface area contributed by atoms with Gasteiger partial charge in [-0.15, -0.1) is 11.3 Å². The molecule has 0 amide bonds. The number of rotatable bonds is 5. The van der Waals surface area contributed by atoms with Crippen LogP contribution in [0.2, 0.25) is 0 Å². The van der Waals surface area contributed by atoms with Crippen LogP contribution < -0.4 is 10.3 Å². The zero-order valence-electron chi connectivity index (χ0n) is 15.9. The highest BCUT2D eigenvalue weighted by atomic mass is 32.1. The van der Waals surface area contributed by atoms with Gasteiger partial charge in [-0.05, 0) is 62.3 Å². The molecule has 1 atom stereocenters. The highest BCUT2D eigenvalue weighted by Gasteiger charge is 2.22. The summed E-state index contributed by atoms with van der Waals surface area (Å²) in [6.45, 7) is 6.36. The summed E-state index contributed by atoms with van der Waals surface area (Å²) in [4.78, 5) is 19.4. The van der Waals surface area contributed by atoms with E-state index < -0.39 is 6.10 Å². The zero-order valence-corrected chi connectivity index (χ0v) is 16.7. The Bertz CT molecular complexity index is 1070. The molecular formula is C21H24N2O3S. The zero-order chi connectivity index (χ0) is 19.1.